The molecule has 0 aliphatic heterocycles. The van der Waals surface area contributed by atoms with Gasteiger partial charge in [0.2, 0.25) is 5.91 Å². The molecule has 4 nitrogen and oxygen atoms in total. The Morgan fingerprint density at radius 1 is 1.33 bits per heavy atom. The Hall–Kier alpha value is -1.56. The van der Waals surface area contributed by atoms with Crippen LogP contribution in [0.1, 0.15) is 6.42 Å². The summed E-state index contributed by atoms with van der Waals surface area (Å²) < 4.78 is 17.0. The van der Waals surface area contributed by atoms with Crippen molar-refractivity contribution in [3.8, 4) is 0 Å². The summed E-state index contributed by atoms with van der Waals surface area (Å²) in [5.74, 6) is -0.404. The van der Waals surface area contributed by atoms with Crippen molar-refractivity contribution >= 4 is 23.6 Å². The first-order chi connectivity index (χ1) is 8.61. The van der Waals surface area contributed by atoms with Gasteiger partial charge in [0.05, 0.1) is 7.11 Å². The van der Waals surface area contributed by atoms with Crippen LogP contribution in [0.5, 0.6) is 0 Å². The molecule has 0 spiro atoms. The number of esters is 1. The minimum absolute atomic E-state index is 0.115. The molecule has 0 unspecified atom stereocenters. The average Bonchev–Trinajstić information content (AvgIpc) is 2.38. The number of methoxy groups -OCH3 is 1. The van der Waals surface area contributed by atoms with Crippen LogP contribution in [0.3, 0.4) is 0 Å². The normalized spacial score (nSPS) is 9.89. The van der Waals surface area contributed by atoms with Gasteiger partial charge in [-0.1, -0.05) is 0 Å². The van der Waals surface area contributed by atoms with Gasteiger partial charge in [-0.3, -0.25) is 9.59 Å². The molecule has 0 saturated carbocycles. The molecule has 0 fully saturated rings. The number of thioether (sulfide) groups is 1. The summed E-state index contributed by atoms with van der Waals surface area (Å²) in [5.41, 5.74) is 0. The number of halogens is 1. The van der Waals surface area contributed by atoms with Crippen LogP contribution in [0.25, 0.3) is 0 Å². The van der Waals surface area contributed by atoms with Crippen molar-refractivity contribution in [2.75, 3.05) is 19.4 Å². The number of carbonyl (C=O) groups is 2. The van der Waals surface area contributed by atoms with Crippen LogP contribution >= 0.6 is 11.8 Å². The van der Waals surface area contributed by atoms with Gasteiger partial charge in [0.1, 0.15) is 12.4 Å². The third-order valence-corrected chi connectivity index (χ3v) is 3.08. The number of amides is 1. The summed E-state index contributed by atoms with van der Waals surface area (Å²) in [6, 6.07) is 6.07. The number of rotatable bonds is 6. The Morgan fingerprint density at radius 2 is 2.00 bits per heavy atom. The SMILES string of the molecule is COC(=O)CNC(=O)CCSc1ccc(F)cc1. The Labute approximate surface area is 109 Å². The minimum atomic E-state index is -0.477. The van der Waals surface area contributed by atoms with Crippen molar-refractivity contribution in [2.45, 2.75) is 11.3 Å². The van der Waals surface area contributed by atoms with Gasteiger partial charge < -0.3 is 10.1 Å². The van der Waals surface area contributed by atoms with Gasteiger partial charge in [-0.15, -0.1) is 11.8 Å². The zero-order valence-corrected chi connectivity index (χ0v) is 10.8. The fourth-order valence-electron chi connectivity index (χ4n) is 1.12. The van der Waals surface area contributed by atoms with Crippen LogP contribution in [0.2, 0.25) is 0 Å². The maximum absolute atomic E-state index is 12.6. The Morgan fingerprint density at radius 3 is 2.61 bits per heavy atom. The Bertz CT molecular complexity index is 408. The number of ether oxygens (including phenoxy) is 1. The number of hydrogen-bond donors (Lipinski definition) is 1. The van der Waals surface area contributed by atoms with E-state index >= 15 is 0 Å². The van der Waals surface area contributed by atoms with Crippen molar-refractivity contribution in [1.82, 2.24) is 5.32 Å². The second-order valence-electron chi connectivity index (χ2n) is 3.41. The number of hydrogen-bond acceptors (Lipinski definition) is 4. The van der Waals surface area contributed by atoms with Crippen molar-refractivity contribution in [1.29, 1.82) is 0 Å². The Balaban J connectivity index is 2.19. The second-order valence-corrected chi connectivity index (χ2v) is 4.57. The molecule has 98 valence electrons. The van der Waals surface area contributed by atoms with Gasteiger partial charge in [-0.05, 0) is 24.3 Å². The fraction of sp³-hybridized carbons (Fsp3) is 0.333. The van der Waals surface area contributed by atoms with Crippen LogP contribution in [-0.2, 0) is 14.3 Å². The molecule has 0 bridgehead atoms. The van der Waals surface area contributed by atoms with Crippen LogP contribution < -0.4 is 5.32 Å². The van der Waals surface area contributed by atoms with E-state index in [1.165, 1.54) is 31.0 Å². The van der Waals surface area contributed by atoms with E-state index in [-0.39, 0.29) is 18.3 Å². The smallest absolute Gasteiger partial charge is 0.325 e. The van der Waals surface area contributed by atoms with Crippen LogP contribution in [0.4, 0.5) is 4.39 Å². The zero-order chi connectivity index (χ0) is 13.4. The van der Waals surface area contributed by atoms with E-state index in [9.17, 15) is 14.0 Å². The third-order valence-electron chi connectivity index (χ3n) is 2.07. The Kier molecular flexibility index (Phi) is 6.21. The molecule has 0 aliphatic carbocycles. The van der Waals surface area contributed by atoms with Gasteiger partial charge in [0, 0.05) is 17.1 Å². The first kappa shape index (κ1) is 14.5. The van der Waals surface area contributed by atoms with Crippen LogP contribution in [-0.4, -0.2) is 31.3 Å². The molecule has 18 heavy (non-hydrogen) atoms. The maximum Gasteiger partial charge on any atom is 0.325 e. The van der Waals surface area contributed by atoms with E-state index < -0.39 is 5.97 Å². The predicted octanol–water partition coefficient (Wildman–Crippen LogP) is 1.60. The summed E-state index contributed by atoms with van der Waals surface area (Å²) in [5, 5.41) is 2.44. The van der Waals surface area contributed by atoms with E-state index in [1.807, 2.05) is 0 Å². The van der Waals surface area contributed by atoms with E-state index in [2.05, 4.69) is 10.1 Å². The van der Waals surface area contributed by atoms with Crippen LogP contribution in [0, 0.1) is 5.82 Å². The molecule has 0 aromatic heterocycles. The van der Waals surface area contributed by atoms with Gasteiger partial charge in [-0.2, -0.15) is 0 Å². The van der Waals surface area contributed by atoms with Gasteiger partial charge in [0.25, 0.3) is 0 Å². The largest absolute Gasteiger partial charge is 0.468 e. The molecule has 0 radical (unpaired) electrons. The molecule has 0 aliphatic rings. The maximum atomic E-state index is 12.6. The summed E-state index contributed by atoms with van der Waals surface area (Å²) in [7, 11) is 1.26. The molecule has 0 atom stereocenters. The lowest BCUT2D eigenvalue weighted by Crippen LogP contribution is -2.30. The topological polar surface area (TPSA) is 55.4 Å². The molecule has 1 aromatic rings. The second kappa shape index (κ2) is 7.71. The molecular weight excluding hydrogens is 257 g/mol. The van der Waals surface area contributed by atoms with Crippen LogP contribution in [0.15, 0.2) is 29.2 Å². The minimum Gasteiger partial charge on any atom is -0.468 e. The van der Waals surface area contributed by atoms with E-state index in [1.54, 1.807) is 12.1 Å². The molecule has 0 saturated heterocycles. The summed E-state index contributed by atoms with van der Waals surface area (Å²) in [6.07, 6.45) is 0.291. The number of benzene rings is 1. The van der Waals surface area contributed by atoms with E-state index in [0.29, 0.717) is 12.2 Å². The van der Waals surface area contributed by atoms with Crippen molar-refractivity contribution in [3.63, 3.8) is 0 Å². The highest BCUT2D eigenvalue weighted by Crippen LogP contribution is 2.18. The first-order valence-corrected chi connectivity index (χ1v) is 6.32. The molecule has 6 heteroatoms. The standard InChI is InChI=1S/C12H14FNO3S/c1-17-12(16)8-14-11(15)6-7-18-10-4-2-9(13)3-5-10/h2-5H,6-8H2,1H3,(H,14,15). The average molecular weight is 271 g/mol. The summed E-state index contributed by atoms with van der Waals surface area (Å²) in [6.45, 7) is -0.115. The summed E-state index contributed by atoms with van der Waals surface area (Å²) in [4.78, 5) is 23.0. The van der Waals surface area contributed by atoms with Crippen molar-refractivity contribution < 1.29 is 18.7 Å². The lowest BCUT2D eigenvalue weighted by molar-refractivity contribution is -0.141. The predicted molar refractivity (Wildman–Crippen MR) is 66.8 cm³/mol. The van der Waals surface area contributed by atoms with E-state index in [4.69, 9.17) is 0 Å². The molecule has 1 aromatic carbocycles. The van der Waals surface area contributed by atoms with Crippen molar-refractivity contribution in [2.24, 2.45) is 0 Å². The molecule has 0 heterocycles. The quantitative estimate of drug-likeness (QED) is 0.630. The first-order valence-electron chi connectivity index (χ1n) is 5.33. The van der Waals surface area contributed by atoms with Crippen molar-refractivity contribution in [3.05, 3.63) is 30.1 Å². The van der Waals surface area contributed by atoms with E-state index in [0.717, 1.165) is 4.90 Å². The molecule has 1 rings (SSSR count). The zero-order valence-electron chi connectivity index (χ0n) is 9.94. The number of carbonyl (C=O) groups excluding carboxylic acids is 2. The third kappa shape index (κ3) is 5.67. The highest BCUT2D eigenvalue weighted by molar-refractivity contribution is 7.99. The molecule has 1 N–H and O–H groups in total. The molecule has 1 amide bonds. The highest BCUT2D eigenvalue weighted by atomic mass is 32.2. The highest BCUT2D eigenvalue weighted by Gasteiger charge is 2.05. The van der Waals surface area contributed by atoms with Gasteiger partial charge >= 0.3 is 5.97 Å². The number of nitrogens with one attached hydrogen (secondary N) is 1. The van der Waals surface area contributed by atoms with Gasteiger partial charge in [0.15, 0.2) is 0 Å². The van der Waals surface area contributed by atoms with Gasteiger partial charge in [-0.25, -0.2) is 4.39 Å². The fourth-order valence-corrected chi connectivity index (χ4v) is 1.98. The monoisotopic (exact) mass is 271 g/mol. The molecular formula is C12H14FNO3S. The summed E-state index contributed by atoms with van der Waals surface area (Å²) >= 11 is 1.45. The lowest BCUT2D eigenvalue weighted by atomic mass is 10.4. The lowest BCUT2D eigenvalue weighted by Gasteiger charge is -2.04.